The van der Waals surface area contributed by atoms with Gasteiger partial charge >= 0.3 is 6.03 Å². The van der Waals surface area contributed by atoms with E-state index in [0.717, 1.165) is 16.5 Å². The van der Waals surface area contributed by atoms with Gasteiger partial charge in [-0.3, -0.25) is 0 Å². The van der Waals surface area contributed by atoms with Crippen LogP contribution >= 0.6 is 15.9 Å². The van der Waals surface area contributed by atoms with Crippen LogP contribution in [0, 0.1) is 5.92 Å². The van der Waals surface area contributed by atoms with Crippen molar-refractivity contribution in [3.05, 3.63) is 58.6 Å². The van der Waals surface area contributed by atoms with E-state index >= 15 is 0 Å². The van der Waals surface area contributed by atoms with Gasteiger partial charge in [0, 0.05) is 30.7 Å². The minimum atomic E-state index is -3.55. The fourth-order valence-electron chi connectivity index (χ4n) is 3.31. The number of piperazine rings is 1. The lowest BCUT2D eigenvalue weighted by atomic mass is 10.0. The van der Waals surface area contributed by atoms with Crippen LogP contribution in [0.5, 0.6) is 0 Å². The van der Waals surface area contributed by atoms with Gasteiger partial charge in [0.1, 0.15) is 0 Å². The van der Waals surface area contributed by atoms with Gasteiger partial charge < -0.3 is 10.2 Å². The highest BCUT2D eigenvalue weighted by Gasteiger charge is 2.30. The number of amides is 2. The average molecular weight is 480 g/mol. The monoisotopic (exact) mass is 479 g/mol. The van der Waals surface area contributed by atoms with Crippen LogP contribution in [0.2, 0.25) is 0 Å². The third kappa shape index (κ3) is 5.38. The Hall–Kier alpha value is -1.90. The summed E-state index contributed by atoms with van der Waals surface area (Å²) in [5.74, 6) is 0.521. The van der Waals surface area contributed by atoms with E-state index < -0.39 is 10.0 Å². The van der Waals surface area contributed by atoms with Crippen LogP contribution in [0.25, 0.3) is 0 Å². The molecule has 156 valence electrons. The van der Waals surface area contributed by atoms with Crippen molar-refractivity contribution in [1.82, 2.24) is 9.21 Å². The number of hydrogen-bond donors (Lipinski definition) is 1. The number of sulfonamides is 1. The van der Waals surface area contributed by atoms with E-state index in [9.17, 15) is 13.2 Å². The molecule has 6 nitrogen and oxygen atoms in total. The number of carbonyl (C=O) groups is 1. The van der Waals surface area contributed by atoms with Gasteiger partial charge in [-0.1, -0.05) is 38.1 Å². The first kappa shape index (κ1) is 21.8. The summed E-state index contributed by atoms with van der Waals surface area (Å²) in [4.78, 5) is 14.4. The molecule has 8 heteroatoms. The second-order valence-corrected chi connectivity index (χ2v) is 10.3. The molecule has 2 aromatic rings. The van der Waals surface area contributed by atoms with Gasteiger partial charge in [-0.2, -0.15) is 4.31 Å². The quantitative estimate of drug-likeness (QED) is 0.698. The third-order valence-electron chi connectivity index (χ3n) is 4.85. The summed E-state index contributed by atoms with van der Waals surface area (Å²) in [6.45, 7) is 5.52. The number of nitrogens with zero attached hydrogens (tertiary/aromatic N) is 2. The molecule has 0 atom stereocenters. The number of anilines is 1. The molecule has 29 heavy (non-hydrogen) atoms. The Morgan fingerprint density at radius 1 is 1.03 bits per heavy atom. The molecule has 1 saturated heterocycles. The lowest BCUT2D eigenvalue weighted by Crippen LogP contribution is -2.51. The maximum Gasteiger partial charge on any atom is 0.321 e. The predicted molar refractivity (Wildman–Crippen MR) is 118 cm³/mol. The minimum absolute atomic E-state index is 0.230. The molecule has 1 aliphatic heterocycles. The maximum atomic E-state index is 12.9. The number of hydrogen-bond acceptors (Lipinski definition) is 3. The lowest BCUT2D eigenvalue weighted by molar-refractivity contribution is 0.184. The van der Waals surface area contributed by atoms with Crippen molar-refractivity contribution >= 4 is 37.7 Å². The molecule has 3 rings (SSSR count). The maximum absolute atomic E-state index is 12.9. The Kier molecular flexibility index (Phi) is 6.97. The van der Waals surface area contributed by atoms with E-state index in [2.05, 4.69) is 35.1 Å². The summed E-state index contributed by atoms with van der Waals surface area (Å²) >= 11 is 3.41. The molecule has 1 N–H and O–H groups in total. The zero-order valence-corrected chi connectivity index (χ0v) is 19.0. The Bertz CT molecular complexity index is 953. The van der Waals surface area contributed by atoms with Gasteiger partial charge in [0.15, 0.2) is 0 Å². The number of rotatable bonds is 5. The highest BCUT2D eigenvalue weighted by molar-refractivity contribution is 9.10. The van der Waals surface area contributed by atoms with Gasteiger partial charge in [0.05, 0.1) is 10.6 Å². The van der Waals surface area contributed by atoms with Gasteiger partial charge in [-0.15, -0.1) is 0 Å². The van der Waals surface area contributed by atoms with Crippen LogP contribution in [0.15, 0.2) is 57.9 Å². The van der Waals surface area contributed by atoms with E-state index in [4.69, 9.17) is 0 Å². The standard InChI is InChI=1S/C21H26BrN3O3S/c1-16(2)15-17-7-9-18(10-8-17)29(27,28)25-13-11-24(12-14-25)21(26)23-20-6-4-3-5-19(20)22/h3-10,16H,11-15H2,1-2H3,(H,23,26). The lowest BCUT2D eigenvalue weighted by Gasteiger charge is -2.34. The van der Waals surface area contributed by atoms with E-state index in [0.29, 0.717) is 29.6 Å². The number of nitrogens with one attached hydrogen (secondary N) is 1. The molecule has 0 radical (unpaired) electrons. The molecule has 0 spiro atoms. The van der Waals surface area contributed by atoms with E-state index in [1.165, 1.54) is 4.31 Å². The molecular formula is C21H26BrN3O3S. The summed E-state index contributed by atoms with van der Waals surface area (Å²) < 4.78 is 28.1. The predicted octanol–water partition coefficient (Wildman–Crippen LogP) is 4.19. The summed E-state index contributed by atoms with van der Waals surface area (Å²) in [6.07, 6.45) is 0.922. The highest BCUT2D eigenvalue weighted by atomic mass is 79.9. The minimum Gasteiger partial charge on any atom is -0.322 e. The Labute approximate surface area is 181 Å². The van der Waals surface area contributed by atoms with Gasteiger partial charge in [0.25, 0.3) is 0 Å². The largest absolute Gasteiger partial charge is 0.322 e. The zero-order valence-electron chi connectivity index (χ0n) is 16.6. The number of benzene rings is 2. The summed E-state index contributed by atoms with van der Waals surface area (Å²) in [6, 6.07) is 14.3. The molecule has 2 amide bonds. The molecule has 0 unspecified atom stereocenters. The second-order valence-electron chi connectivity index (χ2n) is 7.54. The van der Waals surface area contributed by atoms with Crippen LogP contribution in [0.1, 0.15) is 19.4 Å². The van der Waals surface area contributed by atoms with Crippen LogP contribution in [0.4, 0.5) is 10.5 Å². The van der Waals surface area contributed by atoms with Crippen molar-refractivity contribution in [2.45, 2.75) is 25.2 Å². The smallest absolute Gasteiger partial charge is 0.321 e. The van der Waals surface area contributed by atoms with Crippen molar-refractivity contribution in [2.75, 3.05) is 31.5 Å². The zero-order chi connectivity index (χ0) is 21.0. The molecule has 0 saturated carbocycles. The summed E-state index contributed by atoms with van der Waals surface area (Å²) in [5.41, 5.74) is 1.82. The van der Waals surface area contributed by atoms with Crippen molar-refractivity contribution in [1.29, 1.82) is 0 Å². The second kappa shape index (κ2) is 9.28. The Balaban J connectivity index is 1.60. The fraction of sp³-hybridized carbons (Fsp3) is 0.381. The molecule has 0 bridgehead atoms. The topological polar surface area (TPSA) is 69.7 Å². The van der Waals surface area contributed by atoms with Crippen LogP contribution in [0.3, 0.4) is 0 Å². The molecule has 0 aliphatic carbocycles. The van der Waals surface area contributed by atoms with Crippen LogP contribution < -0.4 is 5.32 Å². The number of halogens is 1. The first-order valence-electron chi connectivity index (χ1n) is 9.67. The van der Waals surface area contributed by atoms with Crippen LogP contribution in [-0.2, 0) is 16.4 Å². The van der Waals surface area contributed by atoms with Crippen molar-refractivity contribution in [3.8, 4) is 0 Å². The molecule has 1 heterocycles. The molecule has 0 aromatic heterocycles. The van der Waals surface area contributed by atoms with Crippen LogP contribution in [-0.4, -0.2) is 49.8 Å². The Morgan fingerprint density at radius 2 is 1.66 bits per heavy atom. The van der Waals surface area contributed by atoms with Crippen molar-refractivity contribution < 1.29 is 13.2 Å². The third-order valence-corrected chi connectivity index (χ3v) is 7.45. The van der Waals surface area contributed by atoms with Gasteiger partial charge in [-0.05, 0) is 58.1 Å². The van der Waals surface area contributed by atoms with E-state index in [1.807, 2.05) is 36.4 Å². The summed E-state index contributed by atoms with van der Waals surface area (Å²) in [7, 11) is -3.55. The number of para-hydroxylation sites is 1. The molecule has 2 aromatic carbocycles. The Morgan fingerprint density at radius 3 is 2.24 bits per heavy atom. The number of urea groups is 1. The first-order valence-corrected chi connectivity index (χ1v) is 11.9. The average Bonchev–Trinajstić information content (AvgIpc) is 2.70. The number of carbonyl (C=O) groups excluding carboxylic acids is 1. The normalized spacial score (nSPS) is 15.5. The van der Waals surface area contributed by atoms with Gasteiger partial charge in [-0.25, -0.2) is 13.2 Å². The molecular weight excluding hydrogens is 454 g/mol. The van der Waals surface area contributed by atoms with E-state index in [1.54, 1.807) is 17.0 Å². The van der Waals surface area contributed by atoms with Gasteiger partial charge in [0.2, 0.25) is 10.0 Å². The fourth-order valence-corrected chi connectivity index (χ4v) is 5.11. The molecule has 1 aliphatic rings. The molecule has 1 fully saturated rings. The van der Waals surface area contributed by atoms with Crippen molar-refractivity contribution in [2.24, 2.45) is 5.92 Å². The summed E-state index contributed by atoms with van der Waals surface area (Å²) in [5, 5.41) is 2.86. The first-order chi connectivity index (χ1) is 13.8. The SMILES string of the molecule is CC(C)Cc1ccc(S(=O)(=O)N2CCN(C(=O)Nc3ccccc3Br)CC2)cc1. The highest BCUT2D eigenvalue weighted by Crippen LogP contribution is 2.23. The van der Waals surface area contributed by atoms with Crippen molar-refractivity contribution in [3.63, 3.8) is 0 Å². The van der Waals surface area contributed by atoms with E-state index in [-0.39, 0.29) is 19.1 Å².